The van der Waals surface area contributed by atoms with Gasteiger partial charge in [0, 0.05) is 46.2 Å². The summed E-state index contributed by atoms with van der Waals surface area (Å²) in [7, 11) is 1.19. The Balaban J connectivity index is 2.27. The molecule has 1 aliphatic rings. The smallest absolute Gasteiger partial charge is 0.244 e. The predicted molar refractivity (Wildman–Crippen MR) is 71.7 cm³/mol. The second kappa shape index (κ2) is 5.82. The molecular formula is C12H20N2O5S. The molecule has 0 bridgehead atoms. The highest BCUT2D eigenvalue weighted by Crippen LogP contribution is 2.25. The average molecular weight is 304 g/mol. The second-order valence-corrected chi connectivity index (χ2v) is 6.74. The lowest BCUT2D eigenvalue weighted by atomic mass is 10.3. The van der Waals surface area contributed by atoms with Crippen LogP contribution >= 0.6 is 0 Å². The number of nitrogens with zero attached hydrogens (tertiary/aromatic N) is 2. The van der Waals surface area contributed by atoms with Gasteiger partial charge in [-0.05, 0) is 6.07 Å². The number of hydrogen-bond donors (Lipinski definition) is 1. The topological polar surface area (TPSA) is 81.0 Å². The standard InChI is InChI=1S/C12H20N2O5S/c1-13-5-10(4-9(13)8-15)20(16,17)14-6-11(18-2)12(7-14)19-3/h4-5,11-12,15H,6-8H2,1-3H3. The summed E-state index contributed by atoms with van der Waals surface area (Å²) in [5.41, 5.74) is 0.550. The molecule has 114 valence electrons. The molecule has 2 unspecified atom stereocenters. The first-order valence-electron chi connectivity index (χ1n) is 6.26. The summed E-state index contributed by atoms with van der Waals surface area (Å²) in [6.07, 6.45) is 0.967. The SMILES string of the molecule is COC1CN(S(=O)(=O)c2cc(CO)n(C)c2)CC1OC. The van der Waals surface area contributed by atoms with Crippen molar-refractivity contribution in [3.63, 3.8) is 0 Å². The molecule has 1 aliphatic heterocycles. The molecule has 7 nitrogen and oxygen atoms in total. The van der Waals surface area contributed by atoms with Crippen LogP contribution in [0.2, 0.25) is 0 Å². The van der Waals surface area contributed by atoms with Crippen LogP contribution in [0, 0.1) is 0 Å². The van der Waals surface area contributed by atoms with E-state index < -0.39 is 10.0 Å². The predicted octanol–water partition coefficient (Wildman–Crippen LogP) is -0.448. The van der Waals surface area contributed by atoms with Crippen LogP contribution in [0.3, 0.4) is 0 Å². The molecule has 2 atom stereocenters. The summed E-state index contributed by atoms with van der Waals surface area (Å²) in [6, 6.07) is 1.48. The Morgan fingerprint density at radius 1 is 1.30 bits per heavy atom. The lowest BCUT2D eigenvalue weighted by molar-refractivity contribution is -0.00461. The molecule has 0 aliphatic carbocycles. The highest BCUT2D eigenvalue weighted by atomic mass is 32.2. The van der Waals surface area contributed by atoms with Gasteiger partial charge in [0.05, 0.1) is 18.8 Å². The van der Waals surface area contributed by atoms with Crippen LogP contribution < -0.4 is 0 Å². The van der Waals surface area contributed by atoms with Crippen LogP contribution in [0.4, 0.5) is 0 Å². The van der Waals surface area contributed by atoms with Crippen LogP contribution in [0.25, 0.3) is 0 Å². The molecule has 1 aromatic heterocycles. The van der Waals surface area contributed by atoms with E-state index in [0.717, 1.165) is 0 Å². The van der Waals surface area contributed by atoms with E-state index in [1.54, 1.807) is 25.8 Å². The molecule has 20 heavy (non-hydrogen) atoms. The lowest BCUT2D eigenvalue weighted by Crippen LogP contribution is -2.30. The minimum atomic E-state index is -3.60. The Morgan fingerprint density at radius 3 is 2.25 bits per heavy atom. The molecule has 0 spiro atoms. The van der Waals surface area contributed by atoms with E-state index in [2.05, 4.69) is 0 Å². The summed E-state index contributed by atoms with van der Waals surface area (Å²) >= 11 is 0. The van der Waals surface area contributed by atoms with Crippen molar-refractivity contribution >= 4 is 10.0 Å². The molecule has 0 aromatic carbocycles. The number of ether oxygens (including phenoxy) is 2. The van der Waals surface area contributed by atoms with E-state index >= 15 is 0 Å². The van der Waals surface area contributed by atoms with Gasteiger partial charge in [-0.25, -0.2) is 8.42 Å². The van der Waals surface area contributed by atoms with Crippen LogP contribution in [-0.4, -0.2) is 61.9 Å². The van der Waals surface area contributed by atoms with Crippen LogP contribution in [-0.2, 0) is 33.2 Å². The first kappa shape index (κ1) is 15.5. The number of methoxy groups -OCH3 is 2. The fourth-order valence-electron chi connectivity index (χ4n) is 2.38. The van der Waals surface area contributed by atoms with E-state index in [9.17, 15) is 8.42 Å². The number of aliphatic hydroxyl groups excluding tert-OH is 1. The van der Waals surface area contributed by atoms with Crippen molar-refractivity contribution < 1.29 is 23.0 Å². The number of aliphatic hydroxyl groups is 1. The molecular weight excluding hydrogens is 284 g/mol. The molecule has 2 rings (SSSR count). The van der Waals surface area contributed by atoms with Gasteiger partial charge in [0.2, 0.25) is 10.0 Å². The summed E-state index contributed by atoms with van der Waals surface area (Å²) in [4.78, 5) is 0.177. The second-order valence-electron chi connectivity index (χ2n) is 4.81. The minimum Gasteiger partial charge on any atom is -0.390 e. The minimum absolute atomic E-state index is 0.177. The Morgan fingerprint density at radius 2 is 1.85 bits per heavy atom. The third kappa shape index (κ3) is 2.61. The monoisotopic (exact) mass is 304 g/mol. The van der Waals surface area contributed by atoms with Crippen LogP contribution in [0.5, 0.6) is 0 Å². The molecule has 8 heteroatoms. The highest BCUT2D eigenvalue weighted by molar-refractivity contribution is 7.89. The van der Waals surface area contributed by atoms with E-state index in [0.29, 0.717) is 5.69 Å². The van der Waals surface area contributed by atoms with Crippen molar-refractivity contribution in [2.45, 2.75) is 23.7 Å². The van der Waals surface area contributed by atoms with Crippen molar-refractivity contribution in [1.29, 1.82) is 0 Å². The number of aryl methyl sites for hydroxylation is 1. The molecule has 0 saturated carbocycles. The molecule has 0 radical (unpaired) electrons. The molecule has 2 heterocycles. The molecule has 0 amide bonds. The van der Waals surface area contributed by atoms with Crippen LogP contribution in [0.1, 0.15) is 5.69 Å². The first-order valence-corrected chi connectivity index (χ1v) is 7.70. The fourth-order valence-corrected chi connectivity index (χ4v) is 3.95. The largest absolute Gasteiger partial charge is 0.390 e. The zero-order valence-corrected chi connectivity index (χ0v) is 12.6. The van der Waals surface area contributed by atoms with Crippen LogP contribution in [0.15, 0.2) is 17.2 Å². The number of aromatic nitrogens is 1. The first-order chi connectivity index (χ1) is 9.43. The van der Waals surface area contributed by atoms with Gasteiger partial charge in [-0.1, -0.05) is 0 Å². The van der Waals surface area contributed by atoms with Gasteiger partial charge >= 0.3 is 0 Å². The van der Waals surface area contributed by atoms with Gasteiger partial charge in [0.15, 0.2) is 0 Å². The van der Waals surface area contributed by atoms with Gasteiger partial charge in [-0.2, -0.15) is 4.31 Å². The van der Waals surface area contributed by atoms with Gasteiger partial charge in [0.1, 0.15) is 4.90 Å². The maximum Gasteiger partial charge on any atom is 0.244 e. The average Bonchev–Trinajstić information content (AvgIpc) is 3.01. The van der Waals surface area contributed by atoms with Gasteiger partial charge in [-0.15, -0.1) is 0 Å². The summed E-state index contributed by atoms with van der Waals surface area (Å²) < 4.78 is 38.6. The summed E-state index contributed by atoms with van der Waals surface area (Å²) in [5.74, 6) is 0. The van der Waals surface area contributed by atoms with E-state index in [1.165, 1.54) is 16.6 Å². The van der Waals surface area contributed by atoms with Crippen molar-refractivity contribution in [1.82, 2.24) is 8.87 Å². The van der Waals surface area contributed by atoms with Crippen molar-refractivity contribution in [3.8, 4) is 0 Å². The number of hydrogen-bond acceptors (Lipinski definition) is 5. The van der Waals surface area contributed by atoms with Gasteiger partial charge in [0.25, 0.3) is 0 Å². The van der Waals surface area contributed by atoms with E-state index in [-0.39, 0.29) is 36.8 Å². The number of sulfonamides is 1. The maximum absolute atomic E-state index is 12.6. The molecule has 1 aromatic rings. The zero-order valence-electron chi connectivity index (χ0n) is 11.8. The third-order valence-electron chi connectivity index (χ3n) is 3.67. The van der Waals surface area contributed by atoms with Crippen molar-refractivity contribution in [3.05, 3.63) is 18.0 Å². The van der Waals surface area contributed by atoms with Crippen molar-refractivity contribution in [2.24, 2.45) is 7.05 Å². The van der Waals surface area contributed by atoms with Gasteiger partial charge < -0.3 is 19.1 Å². The van der Waals surface area contributed by atoms with Crippen molar-refractivity contribution in [2.75, 3.05) is 27.3 Å². The third-order valence-corrected chi connectivity index (χ3v) is 5.47. The molecule has 1 N–H and O–H groups in total. The zero-order chi connectivity index (χ0) is 14.9. The van der Waals surface area contributed by atoms with E-state index in [1.807, 2.05) is 0 Å². The fraction of sp³-hybridized carbons (Fsp3) is 0.667. The lowest BCUT2D eigenvalue weighted by Gasteiger charge is -2.14. The quantitative estimate of drug-likeness (QED) is 0.797. The Bertz CT molecular complexity index is 556. The summed E-state index contributed by atoms with van der Waals surface area (Å²) in [5, 5.41) is 9.15. The highest BCUT2D eigenvalue weighted by Gasteiger charge is 2.40. The number of rotatable bonds is 5. The Hall–Kier alpha value is -0.930. The summed E-state index contributed by atoms with van der Waals surface area (Å²) in [6.45, 7) is 0.328. The molecule has 1 fully saturated rings. The van der Waals surface area contributed by atoms with Gasteiger partial charge in [-0.3, -0.25) is 0 Å². The normalized spacial score (nSPS) is 24.4. The Kier molecular flexibility index (Phi) is 4.50. The maximum atomic E-state index is 12.6. The molecule has 1 saturated heterocycles. The van der Waals surface area contributed by atoms with E-state index in [4.69, 9.17) is 14.6 Å². The Labute approximate surface area is 118 Å².